The van der Waals surface area contributed by atoms with Crippen LogP contribution in [0.25, 0.3) is 106 Å². The number of nitrogens with zero attached hydrogens (tertiary/aromatic N) is 5. The van der Waals surface area contributed by atoms with Crippen LogP contribution in [-0.2, 0) is 0 Å². The average Bonchev–Trinajstić information content (AvgIpc) is 3.76. The molecule has 0 saturated carbocycles. The topological polar surface area (TPSA) is 56.5 Å². The maximum Gasteiger partial charge on any atom is 0.164 e. The van der Waals surface area contributed by atoms with E-state index in [0.29, 0.717) is 17.5 Å². The van der Waals surface area contributed by atoms with E-state index in [1.807, 2.05) is 18.2 Å². The Bertz CT molecular complexity index is 3190. The summed E-state index contributed by atoms with van der Waals surface area (Å²) in [4.78, 5) is 15.3. The van der Waals surface area contributed by atoms with Gasteiger partial charge in [-0.05, 0) is 69.1 Å². The van der Waals surface area contributed by atoms with Crippen molar-refractivity contribution in [2.45, 2.75) is 0 Å². The minimum Gasteiger partial charge on any atom is -0.232 e. The molecule has 9 aromatic carbocycles. The fraction of sp³-hybridized carbons (Fsp3) is 0. The van der Waals surface area contributed by atoms with Crippen molar-refractivity contribution in [1.29, 1.82) is 0 Å². The van der Waals surface area contributed by atoms with Crippen molar-refractivity contribution in [2.24, 2.45) is 0 Å². The van der Waals surface area contributed by atoms with E-state index >= 15 is 0 Å². The Morgan fingerprint density at radius 1 is 0.311 bits per heavy atom. The highest BCUT2D eigenvalue weighted by Gasteiger charge is 2.21. The molecule has 2 aromatic heterocycles. The third kappa shape index (κ3) is 6.84. The van der Waals surface area contributed by atoms with Gasteiger partial charge in [0.1, 0.15) is 5.69 Å². The van der Waals surface area contributed by atoms with Crippen LogP contribution in [0.2, 0.25) is 0 Å². The maximum atomic E-state index is 5.41. The van der Waals surface area contributed by atoms with Crippen LogP contribution in [0.5, 0.6) is 0 Å². The van der Waals surface area contributed by atoms with Gasteiger partial charge in [-0.3, -0.25) is 0 Å². The lowest BCUT2D eigenvalue weighted by molar-refractivity contribution is 0.917. The molecule has 11 rings (SSSR count). The Morgan fingerprint density at radius 2 is 0.689 bits per heavy atom. The van der Waals surface area contributed by atoms with Crippen molar-refractivity contribution in [1.82, 2.24) is 24.7 Å². The molecule has 0 spiro atoms. The highest BCUT2D eigenvalue weighted by Crippen LogP contribution is 2.42. The molecule has 5 nitrogen and oxygen atoms in total. The minimum absolute atomic E-state index is 0.595. The molecule has 286 valence electrons. The molecule has 0 unspecified atom stereocenters. The summed E-state index contributed by atoms with van der Waals surface area (Å²) in [6, 6.07) is 78.1. The van der Waals surface area contributed by atoms with Gasteiger partial charge >= 0.3 is 0 Å². The van der Waals surface area contributed by atoms with Crippen LogP contribution in [0.3, 0.4) is 0 Å². The van der Waals surface area contributed by atoms with E-state index in [1.165, 1.54) is 0 Å². The third-order valence-corrected chi connectivity index (χ3v) is 11.3. The molecule has 0 bridgehead atoms. The minimum atomic E-state index is 0.595. The van der Waals surface area contributed by atoms with E-state index in [-0.39, 0.29) is 0 Å². The number of hydrogen-bond donors (Lipinski definition) is 0. The van der Waals surface area contributed by atoms with Crippen LogP contribution in [0.15, 0.2) is 224 Å². The molecule has 0 fully saturated rings. The van der Waals surface area contributed by atoms with Crippen molar-refractivity contribution in [3.8, 4) is 84.5 Å². The van der Waals surface area contributed by atoms with Gasteiger partial charge in [-0.1, -0.05) is 194 Å². The first-order chi connectivity index (χ1) is 30.2. The van der Waals surface area contributed by atoms with Crippen LogP contribution in [0.4, 0.5) is 0 Å². The van der Waals surface area contributed by atoms with Gasteiger partial charge < -0.3 is 0 Å². The van der Waals surface area contributed by atoms with Gasteiger partial charge in [0.05, 0.1) is 11.2 Å². The number of rotatable bonds is 8. The molecule has 61 heavy (non-hydrogen) atoms. The summed E-state index contributed by atoms with van der Waals surface area (Å²) in [7, 11) is 0. The first-order valence-corrected chi connectivity index (χ1v) is 20.5. The second kappa shape index (κ2) is 15.5. The van der Waals surface area contributed by atoms with Crippen LogP contribution in [0.1, 0.15) is 0 Å². The molecule has 0 radical (unpaired) electrons. The largest absolute Gasteiger partial charge is 0.232 e. The van der Waals surface area contributed by atoms with Crippen LogP contribution < -0.4 is 0 Å². The lowest BCUT2D eigenvalue weighted by Crippen LogP contribution is -2.01. The van der Waals surface area contributed by atoms with Gasteiger partial charge in [-0.2, -0.15) is 5.10 Å². The number of aromatic nitrogens is 5. The van der Waals surface area contributed by atoms with E-state index in [9.17, 15) is 0 Å². The Labute approximate surface area is 354 Å². The summed E-state index contributed by atoms with van der Waals surface area (Å²) < 4.78 is 2.10. The number of benzene rings is 9. The van der Waals surface area contributed by atoms with E-state index < -0.39 is 0 Å². The molecule has 11 aromatic rings. The Kier molecular flexibility index (Phi) is 9.10. The normalized spacial score (nSPS) is 11.3. The smallest absolute Gasteiger partial charge is 0.164 e. The van der Waals surface area contributed by atoms with Gasteiger partial charge in [0, 0.05) is 33.0 Å². The highest BCUT2D eigenvalue weighted by molar-refractivity contribution is 6.17. The molecule has 0 amide bonds. The molecule has 5 heteroatoms. The van der Waals surface area contributed by atoms with Crippen molar-refractivity contribution >= 4 is 21.7 Å². The summed E-state index contributed by atoms with van der Waals surface area (Å²) in [5.74, 6) is 1.82. The highest BCUT2D eigenvalue weighted by atomic mass is 15.3. The summed E-state index contributed by atoms with van der Waals surface area (Å²) in [5.41, 5.74) is 13.6. The van der Waals surface area contributed by atoms with E-state index in [2.05, 4.69) is 211 Å². The lowest BCUT2D eigenvalue weighted by Gasteiger charge is -2.12. The van der Waals surface area contributed by atoms with Crippen molar-refractivity contribution in [2.75, 3.05) is 0 Å². The van der Waals surface area contributed by atoms with Crippen LogP contribution in [0, 0.1) is 0 Å². The zero-order valence-electron chi connectivity index (χ0n) is 33.1. The Hall–Kier alpha value is -8.28. The molecule has 0 aliphatic heterocycles. The quantitative estimate of drug-likeness (QED) is 0.154. The summed E-state index contributed by atoms with van der Waals surface area (Å²) in [5, 5.41) is 8.82. The third-order valence-electron chi connectivity index (χ3n) is 11.3. The molecule has 0 saturated heterocycles. The van der Waals surface area contributed by atoms with Gasteiger partial charge in [-0.15, -0.1) is 0 Å². The van der Waals surface area contributed by atoms with Crippen molar-refractivity contribution in [3.63, 3.8) is 0 Å². The number of fused-ring (bicyclic) bond motifs is 3. The first-order valence-electron chi connectivity index (χ1n) is 20.5. The molecule has 0 aliphatic rings. The molecular weight excluding hydrogens is 743 g/mol. The van der Waals surface area contributed by atoms with Gasteiger partial charge in [0.15, 0.2) is 17.5 Å². The predicted molar refractivity (Wildman–Crippen MR) is 250 cm³/mol. The van der Waals surface area contributed by atoms with E-state index in [4.69, 9.17) is 20.1 Å². The second-order valence-electron chi connectivity index (χ2n) is 15.1. The fourth-order valence-electron chi connectivity index (χ4n) is 8.22. The SMILES string of the molecule is c1ccc(-c2ccc(-c3nc(-c4ccc(-c5ccccc5)cc4)nc(-c4ccc(-n5nc(-c6ccccc6)c6c(-c7ccccc7)cc7ccccc7c65)cc4)n3)cc2)cc1. The summed E-state index contributed by atoms with van der Waals surface area (Å²) in [6.45, 7) is 0. The van der Waals surface area contributed by atoms with E-state index in [0.717, 1.165) is 88.7 Å². The predicted octanol–water partition coefficient (Wildman–Crippen LogP) is 14.0. The Balaban J connectivity index is 1.04. The van der Waals surface area contributed by atoms with Gasteiger partial charge in [0.25, 0.3) is 0 Å². The lowest BCUT2D eigenvalue weighted by atomic mass is 9.94. The van der Waals surface area contributed by atoms with Crippen LogP contribution >= 0.6 is 0 Å². The maximum absolute atomic E-state index is 5.41. The molecule has 0 aliphatic carbocycles. The number of hydrogen-bond acceptors (Lipinski definition) is 4. The van der Waals surface area contributed by atoms with Gasteiger partial charge in [0.2, 0.25) is 0 Å². The molecule has 0 N–H and O–H groups in total. The standard InChI is InChI=1S/C56H37N5/c1-5-15-38(16-6-1)40-25-29-44(30-26-40)54-57-55(45-31-27-41(28-32-45)39-17-7-2-8-18-39)59-56(58-54)46-33-35-48(36-34-46)61-53-49-24-14-13-23-47(49)37-50(42-19-9-3-10-20-42)51(53)52(60-61)43-21-11-4-12-22-43/h1-37H. The van der Waals surface area contributed by atoms with Gasteiger partial charge in [-0.25, -0.2) is 19.6 Å². The van der Waals surface area contributed by atoms with E-state index in [1.54, 1.807) is 0 Å². The average molecular weight is 780 g/mol. The Morgan fingerprint density at radius 3 is 1.18 bits per heavy atom. The summed E-state index contributed by atoms with van der Waals surface area (Å²) >= 11 is 0. The van der Waals surface area contributed by atoms with Crippen molar-refractivity contribution < 1.29 is 0 Å². The zero-order valence-corrected chi connectivity index (χ0v) is 33.1. The van der Waals surface area contributed by atoms with Crippen LogP contribution in [-0.4, -0.2) is 24.7 Å². The second-order valence-corrected chi connectivity index (χ2v) is 15.1. The molecule has 0 atom stereocenters. The first kappa shape index (κ1) is 35.8. The monoisotopic (exact) mass is 779 g/mol. The zero-order chi connectivity index (χ0) is 40.5. The molecule has 2 heterocycles. The molecular formula is C56H37N5. The fourth-order valence-corrected chi connectivity index (χ4v) is 8.22. The summed E-state index contributed by atoms with van der Waals surface area (Å²) in [6.07, 6.45) is 0. The van der Waals surface area contributed by atoms with Crippen molar-refractivity contribution in [3.05, 3.63) is 224 Å².